The summed E-state index contributed by atoms with van der Waals surface area (Å²) in [4.78, 5) is 24.7. The molecule has 0 spiro atoms. The van der Waals surface area contributed by atoms with Crippen molar-refractivity contribution in [3.8, 4) is 0 Å². The first-order chi connectivity index (χ1) is 9.95. The van der Waals surface area contributed by atoms with Crippen LogP contribution in [-0.4, -0.2) is 17.0 Å². The minimum absolute atomic E-state index is 0.115. The monoisotopic (exact) mass is 305 g/mol. The highest BCUT2D eigenvalue weighted by atomic mass is 32.1. The van der Waals surface area contributed by atoms with Gasteiger partial charge < -0.3 is 14.8 Å². The lowest BCUT2D eigenvalue weighted by Gasteiger charge is -1.98. The van der Waals surface area contributed by atoms with Crippen molar-refractivity contribution in [3.05, 3.63) is 51.1 Å². The van der Waals surface area contributed by atoms with E-state index in [1.807, 2.05) is 19.1 Å². The average molecular weight is 305 g/mol. The van der Waals surface area contributed by atoms with Gasteiger partial charge in [0.2, 0.25) is 5.91 Å². The molecule has 21 heavy (non-hydrogen) atoms. The maximum absolute atomic E-state index is 11.7. The number of hydrogen-bond acceptors (Lipinski definition) is 4. The lowest BCUT2D eigenvalue weighted by molar-refractivity contribution is -0.116. The molecule has 0 aliphatic heterocycles. The van der Waals surface area contributed by atoms with Gasteiger partial charge in [-0.25, -0.2) is 4.79 Å². The zero-order chi connectivity index (χ0) is 15.4. The van der Waals surface area contributed by atoms with Crippen molar-refractivity contribution in [3.63, 3.8) is 0 Å². The molecule has 0 saturated heterocycles. The highest BCUT2D eigenvalue weighted by molar-refractivity contribution is 7.12. The summed E-state index contributed by atoms with van der Waals surface area (Å²) in [7, 11) is 0. The third kappa shape index (κ3) is 4.06. The molecule has 2 N–H and O–H groups in total. The van der Waals surface area contributed by atoms with Crippen LogP contribution in [0.5, 0.6) is 0 Å². The highest BCUT2D eigenvalue weighted by Crippen LogP contribution is 2.16. The number of furan rings is 1. The number of carboxylic acid groups (broad SMARTS) is 1. The molecule has 2 aromatic heterocycles. The van der Waals surface area contributed by atoms with Crippen molar-refractivity contribution in [2.24, 2.45) is 0 Å². The second-order valence-electron chi connectivity index (χ2n) is 4.49. The molecule has 1 amide bonds. The van der Waals surface area contributed by atoms with Crippen LogP contribution in [0.15, 0.2) is 28.7 Å². The fraction of sp³-hybridized carbons (Fsp3) is 0.200. The molecule has 2 rings (SSSR count). The second kappa shape index (κ2) is 6.41. The largest absolute Gasteiger partial charge is 0.478 e. The van der Waals surface area contributed by atoms with E-state index in [9.17, 15) is 9.59 Å². The van der Waals surface area contributed by atoms with E-state index in [2.05, 4.69) is 5.32 Å². The summed E-state index contributed by atoms with van der Waals surface area (Å²) in [6.07, 6.45) is 3.18. The highest BCUT2D eigenvalue weighted by Gasteiger charge is 2.13. The van der Waals surface area contributed by atoms with Crippen LogP contribution in [0.4, 0.5) is 0 Å². The molecule has 0 unspecified atom stereocenters. The van der Waals surface area contributed by atoms with Gasteiger partial charge in [0, 0.05) is 15.8 Å². The zero-order valence-electron chi connectivity index (χ0n) is 11.7. The van der Waals surface area contributed by atoms with E-state index in [-0.39, 0.29) is 18.0 Å². The average Bonchev–Trinajstić information content (AvgIpc) is 3.00. The summed E-state index contributed by atoms with van der Waals surface area (Å²) in [6.45, 7) is 3.73. The van der Waals surface area contributed by atoms with Gasteiger partial charge in [0.1, 0.15) is 17.1 Å². The minimum Gasteiger partial charge on any atom is -0.478 e. The number of aryl methyl sites for hydroxylation is 2. The number of carbonyl (C=O) groups excluding carboxylic acids is 1. The third-order valence-corrected chi connectivity index (χ3v) is 3.76. The molecule has 0 aromatic carbocycles. The number of amides is 1. The lowest BCUT2D eigenvalue weighted by atomic mass is 10.2. The summed E-state index contributed by atoms with van der Waals surface area (Å²) >= 11 is 1.60. The Hall–Kier alpha value is -2.34. The van der Waals surface area contributed by atoms with E-state index in [1.54, 1.807) is 24.3 Å². The van der Waals surface area contributed by atoms with Crippen molar-refractivity contribution in [2.45, 2.75) is 20.4 Å². The van der Waals surface area contributed by atoms with E-state index in [1.165, 1.54) is 17.0 Å². The summed E-state index contributed by atoms with van der Waals surface area (Å²) in [6, 6.07) is 5.35. The van der Waals surface area contributed by atoms with Gasteiger partial charge in [-0.05, 0) is 38.1 Å². The van der Waals surface area contributed by atoms with Crippen LogP contribution in [0.2, 0.25) is 0 Å². The number of carbonyl (C=O) groups is 2. The lowest BCUT2D eigenvalue weighted by Crippen LogP contribution is -2.19. The smallest absolute Gasteiger partial charge is 0.339 e. The Bertz CT molecular complexity index is 696. The standard InChI is InChI=1S/C15H15NO4S/c1-9-3-4-12(21-9)5-6-14(17)16-8-11-7-13(15(18)19)10(2)20-11/h3-7H,8H2,1-2H3,(H,16,17)(H,18,19)/b6-5+. The fourth-order valence-corrected chi connectivity index (χ4v) is 2.56. The van der Waals surface area contributed by atoms with E-state index >= 15 is 0 Å². The van der Waals surface area contributed by atoms with Crippen LogP contribution < -0.4 is 5.32 Å². The fourth-order valence-electron chi connectivity index (χ4n) is 1.78. The van der Waals surface area contributed by atoms with Crippen molar-refractivity contribution in [1.82, 2.24) is 5.32 Å². The normalized spacial score (nSPS) is 11.0. The number of rotatable bonds is 5. The van der Waals surface area contributed by atoms with Crippen molar-refractivity contribution >= 4 is 29.3 Å². The summed E-state index contributed by atoms with van der Waals surface area (Å²) in [5.74, 6) is -0.552. The van der Waals surface area contributed by atoms with Crippen molar-refractivity contribution < 1.29 is 19.1 Å². The van der Waals surface area contributed by atoms with Gasteiger partial charge >= 0.3 is 5.97 Å². The van der Waals surface area contributed by atoms with Crippen LogP contribution in [0.1, 0.15) is 31.6 Å². The first-order valence-electron chi connectivity index (χ1n) is 6.30. The van der Waals surface area contributed by atoms with Gasteiger partial charge in [0.15, 0.2) is 0 Å². The number of hydrogen-bond donors (Lipinski definition) is 2. The molecule has 2 aromatic rings. The van der Waals surface area contributed by atoms with Gasteiger partial charge in [-0.3, -0.25) is 4.79 Å². The van der Waals surface area contributed by atoms with Crippen LogP contribution in [0.25, 0.3) is 6.08 Å². The Morgan fingerprint density at radius 2 is 2.14 bits per heavy atom. The molecule has 0 aliphatic carbocycles. The maximum Gasteiger partial charge on any atom is 0.339 e. The zero-order valence-corrected chi connectivity index (χ0v) is 12.5. The van der Waals surface area contributed by atoms with Crippen LogP contribution in [-0.2, 0) is 11.3 Å². The predicted molar refractivity (Wildman–Crippen MR) is 80.3 cm³/mol. The number of carboxylic acids is 1. The Morgan fingerprint density at radius 3 is 2.71 bits per heavy atom. The topological polar surface area (TPSA) is 79.5 Å². The molecular weight excluding hydrogens is 290 g/mol. The minimum atomic E-state index is -1.04. The van der Waals surface area contributed by atoms with Gasteiger partial charge in [0.25, 0.3) is 0 Å². The van der Waals surface area contributed by atoms with Crippen LogP contribution in [0, 0.1) is 13.8 Å². The molecule has 0 fully saturated rings. The Morgan fingerprint density at radius 1 is 1.38 bits per heavy atom. The molecule has 0 saturated carbocycles. The Kier molecular flexibility index (Phi) is 4.59. The van der Waals surface area contributed by atoms with E-state index in [0.29, 0.717) is 11.5 Å². The Labute approximate surface area is 125 Å². The van der Waals surface area contributed by atoms with Gasteiger partial charge in [0.05, 0.1) is 6.54 Å². The van der Waals surface area contributed by atoms with Gasteiger partial charge in [-0.2, -0.15) is 0 Å². The van der Waals surface area contributed by atoms with Crippen molar-refractivity contribution in [2.75, 3.05) is 0 Å². The van der Waals surface area contributed by atoms with E-state index in [4.69, 9.17) is 9.52 Å². The second-order valence-corrected chi connectivity index (χ2v) is 5.81. The quantitative estimate of drug-likeness (QED) is 0.832. The SMILES string of the molecule is Cc1ccc(/C=C/C(=O)NCc2cc(C(=O)O)c(C)o2)s1. The van der Waals surface area contributed by atoms with Gasteiger partial charge in [-0.15, -0.1) is 11.3 Å². The van der Waals surface area contributed by atoms with Crippen LogP contribution in [0.3, 0.4) is 0 Å². The molecule has 6 heteroatoms. The number of aromatic carboxylic acids is 1. The molecule has 0 radical (unpaired) electrons. The Balaban J connectivity index is 1.90. The number of thiophene rings is 1. The molecule has 5 nitrogen and oxygen atoms in total. The van der Waals surface area contributed by atoms with Crippen LogP contribution >= 0.6 is 11.3 Å². The summed E-state index contributed by atoms with van der Waals surface area (Å²) in [5.41, 5.74) is 0.115. The first kappa shape index (κ1) is 15.1. The molecule has 0 aliphatic rings. The predicted octanol–water partition coefficient (Wildman–Crippen LogP) is 2.99. The molecule has 0 bridgehead atoms. The molecule has 0 atom stereocenters. The summed E-state index contributed by atoms with van der Waals surface area (Å²) in [5, 5.41) is 11.6. The van der Waals surface area contributed by atoms with Gasteiger partial charge in [-0.1, -0.05) is 0 Å². The maximum atomic E-state index is 11.7. The summed E-state index contributed by atoms with van der Waals surface area (Å²) < 4.78 is 5.27. The number of nitrogens with one attached hydrogen (secondary N) is 1. The van der Waals surface area contributed by atoms with Crippen molar-refractivity contribution in [1.29, 1.82) is 0 Å². The molecule has 110 valence electrons. The van der Waals surface area contributed by atoms with E-state index in [0.717, 1.165) is 4.88 Å². The first-order valence-corrected chi connectivity index (χ1v) is 7.12. The molecule has 2 heterocycles. The molecular formula is C15H15NO4S. The van der Waals surface area contributed by atoms with E-state index < -0.39 is 5.97 Å². The third-order valence-electron chi connectivity index (χ3n) is 2.80.